The van der Waals surface area contributed by atoms with Crippen LogP contribution in [0.4, 0.5) is 0 Å². The Bertz CT molecular complexity index is 534. The summed E-state index contributed by atoms with van der Waals surface area (Å²) in [4.78, 5) is 4.38. The first-order valence-electron chi connectivity index (χ1n) is 6.15. The molecule has 2 rings (SSSR count). The molecule has 1 atom stereocenters. The van der Waals surface area contributed by atoms with Gasteiger partial charge in [0.2, 0.25) is 0 Å². The minimum absolute atomic E-state index is 0.248. The maximum absolute atomic E-state index is 6.34. The third-order valence-electron chi connectivity index (χ3n) is 3.21. The van der Waals surface area contributed by atoms with Crippen molar-refractivity contribution < 1.29 is 0 Å². The summed E-state index contributed by atoms with van der Waals surface area (Å²) in [5, 5.41) is 3.97. The van der Waals surface area contributed by atoms with Crippen LogP contribution in [-0.2, 0) is 6.54 Å². The maximum Gasteiger partial charge on any atom is 0.139 e. The van der Waals surface area contributed by atoms with Gasteiger partial charge in [-0.3, -0.25) is 0 Å². The van der Waals surface area contributed by atoms with Crippen LogP contribution in [0.25, 0.3) is 11.4 Å². The van der Waals surface area contributed by atoms with Gasteiger partial charge < -0.3 is 9.88 Å². The zero-order chi connectivity index (χ0) is 13.1. The first-order chi connectivity index (χ1) is 8.67. The highest BCUT2D eigenvalue weighted by Crippen LogP contribution is 2.28. The van der Waals surface area contributed by atoms with E-state index >= 15 is 0 Å². The Morgan fingerprint density at radius 3 is 2.83 bits per heavy atom. The Kier molecular flexibility index (Phi) is 4.04. The first kappa shape index (κ1) is 13.1. The van der Waals surface area contributed by atoms with Crippen molar-refractivity contribution in [1.29, 1.82) is 0 Å². The molecule has 0 amide bonds. The molecule has 0 saturated carbocycles. The highest BCUT2D eigenvalue weighted by atomic mass is 35.5. The third-order valence-corrected chi connectivity index (χ3v) is 3.54. The highest BCUT2D eigenvalue weighted by Gasteiger charge is 2.11. The molecular weight excluding hydrogens is 246 g/mol. The summed E-state index contributed by atoms with van der Waals surface area (Å²) < 4.78 is 2.10. The summed E-state index contributed by atoms with van der Waals surface area (Å²) in [5.74, 6) is 0.961. The van der Waals surface area contributed by atoms with Gasteiger partial charge in [0.05, 0.1) is 0 Å². The van der Waals surface area contributed by atoms with Gasteiger partial charge in [-0.05, 0) is 32.5 Å². The first-order valence-corrected chi connectivity index (χ1v) is 6.53. The summed E-state index contributed by atoms with van der Waals surface area (Å²) in [7, 11) is 1.93. The smallest absolute Gasteiger partial charge is 0.139 e. The average Bonchev–Trinajstić information content (AvgIpc) is 2.86. The van der Waals surface area contributed by atoms with Gasteiger partial charge in [0.15, 0.2) is 0 Å². The van der Waals surface area contributed by atoms with E-state index in [1.807, 2.05) is 25.5 Å². The molecule has 0 spiro atoms. The van der Waals surface area contributed by atoms with Crippen molar-refractivity contribution in [1.82, 2.24) is 14.9 Å². The molecule has 1 N–H and O–H groups in total. The molecule has 0 aliphatic rings. The van der Waals surface area contributed by atoms with Crippen LogP contribution in [0.1, 0.15) is 25.5 Å². The number of hydrogen-bond acceptors (Lipinski definition) is 2. The topological polar surface area (TPSA) is 29.9 Å². The van der Waals surface area contributed by atoms with Gasteiger partial charge in [-0.2, -0.15) is 0 Å². The van der Waals surface area contributed by atoms with Crippen molar-refractivity contribution >= 4 is 11.6 Å². The number of nitrogens with one attached hydrogen (secondary N) is 1. The van der Waals surface area contributed by atoms with E-state index < -0.39 is 0 Å². The van der Waals surface area contributed by atoms with E-state index in [4.69, 9.17) is 11.6 Å². The fourth-order valence-corrected chi connectivity index (χ4v) is 2.34. The van der Waals surface area contributed by atoms with Crippen LogP contribution in [0, 0.1) is 0 Å². The summed E-state index contributed by atoms with van der Waals surface area (Å²) >= 11 is 6.34. The fraction of sp³-hybridized carbons (Fsp3) is 0.357. The standard InChI is InChI=1S/C14H18ClN3/c1-4-18-8-7-17-14(18)11-5-6-12(10(2)16-3)13(15)9-11/h5-10,16H,4H2,1-3H3. The quantitative estimate of drug-likeness (QED) is 0.915. The molecule has 2 aromatic rings. The zero-order valence-electron chi connectivity index (χ0n) is 10.9. The predicted molar refractivity (Wildman–Crippen MR) is 75.8 cm³/mol. The van der Waals surface area contributed by atoms with Crippen LogP contribution < -0.4 is 5.32 Å². The molecule has 1 aromatic carbocycles. The Morgan fingerprint density at radius 2 is 2.22 bits per heavy atom. The second-order valence-corrected chi connectivity index (χ2v) is 4.69. The molecule has 96 valence electrons. The van der Waals surface area contributed by atoms with E-state index in [1.54, 1.807) is 0 Å². The van der Waals surface area contributed by atoms with E-state index in [-0.39, 0.29) is 6.04 Å². The van der Waals surface area contributed by atoms with Gasteiger partial charge >= 0.3 is 0 Å². The number of benzene rings is 1. The van der Waals surface area contributed by atoms with E-state index in [1.165, 1.54) is 0 Å². The number of imidazole rings is 1. The minimum atomic E-state index is 0.248. The Morgan fingerprint density at radius 1 is 1.44 bits per heavy atom. The van der Waals surface area contributed by atoms with Crippen molar-refractivity contribution in [3.05, 3.63) is 41.2 Å². The fourth-order valence-electron chi connectivity index (χ4n) is 2.00. The van der Waals surface area contributed by atoms with Crippen LogP contribution in [0.3, 0.4) is 0 Å². The molecule has 0 aliphatic heterocycles. The largest absolute Gasteiger partial charge is 0.331 e. The van der Waals surface area contributed by atoms with Crippen LogP contribution in [0.5, 0.6) is 0 Å². The SMILES string of the molecule is CCn1ccnc1-c1ccc(C(C)NC)c(Cl)c1. The maximum atomic E-state index is 6.34. The molecule has 18 heavy (non-hydrogen) atoms. The van der Waals surface area contributed by atoms with Crippen molar-refractivity contribution in [2.45, 2.75) is 26.4 Å². The van der Waals surface area contributed by atoms with Crippen LogP contribution in [0.15, 0.2) is 30.6 Å². The van der Waals surface area contributed by atoms with Crippen LogP contribution >= 0.6 is 11.6 Å². The summed E-state index contributed by atoms with van der Waals surface area (Å²) in [5.41, 5.74) is 2.16. The number of aromatic nitrogens is 2. The molecule has 0 fully saturated rings. The van der Waals surface area contributed by atoms with Gasteiger partial charge in [0.25, 0.3) is 0 Å². The molecule has 0 radical (unpaired) electrons. The number of halogens is 1. The lowest BCUT2D eigenvalue weighted by atomic mass is 10.1. The van der Waals surface area contributed by atoms with Crippen molar-refractivity contribution in [3.8, 4) is 11.4 Å². The van der Waals surface area contributed by atoms with E-state index in [0.29, 0.717) is 0 Å². The Hall–Kier alpha value is -1.32. The summed E-state index contributed by atoms with van der Waals surface area (Å²) in [6.07, 6.45) is 3.80. The molecule has 1 aromatic heterocycles. The monoisotopic (exact) mass is 263 g/mol. The number of rotatable bonds is 4. The number of nitrogens with zero attached hydrogens (tertiary/aromatic N) is 2. The lowest BCUT2D eigenvalue weighted by Crippen LogP contribution is -2.12. The normalized spacial score (nSPS) is 12.7. The van der Waals surface area contributed by atoms with Gasteiger partial charge in [-0.1, -0.05) is 23.7 Å². The van der Waals surface area contributed by atoms with Gasteiger partial charge in [-0.15, -0.1) is 0 Å². The van der Waals surface area contributed by atoms with Gasteiger partial charge in [0, 0.05) is 35.6 Å². The highest BCUT2D eigenvalue weighted by molar-refractivity contribution is 6.31. The minimum Gasteiger partial charge on any atom is -0.331 e. The van der Waals surface area contributed by atoms with Crippen LogP contribution in [-0.4, -0.2) is 16.6 Å². The lowest BCUT2D eigenvalue weighted by Gasteiger charge is -2.14. The van der Waals surface area contributed by atoms with Gasteiger partial charge in [-0.25, -0.2) is 4.98 Å². The number of aryl methyl sites for hydroxylation is 1. The Labute approximate surface area is 113 Å². The molecule has 1 unspecified atom stereocenters. The molecule has 1 heterocycles. The second kappa shape index (κ2) is 5.55. The van der Waals surface area contributed by atoms with Crippen molar-refractivity contribution in [2.75, 3.05) is 7.05 Å². The molecule has 0 aliphatic carbocycles. The molecule has 0 saturated heterocycles. The molecule has 4 heteroatoms. The predicted octanol–water partition coefficient (Wildman–Crippen LogP) is 3.50. The van der Waals surface area contributed by atoms with Crippen molar-refractivity contribution in [3.63, 3.8) is 0 Å². The average molecular weight is 264 g/mol. The van der Waals surface area contributed by atoms with E-state index in [0.717, 1.165) is 28.5 Å². The number of hydrogen-bond donors (Lipinski definition) is 1. The zero-order valence-corrected chi connectivity index (χ0v) is 11.7. The Balaban J connectivity index is 2.40. The summed E-state index contributed by atoms with van der Waals surface area (Å²) in [6, 6.07) is 6.37. The molecule has 0 bridgehead atoms. The van der Waals surface area contributed by atoms with E-state index in [9.17, 15) is 0 Å². The van der Waals surface area contributed by atoms with E-state index in [2.05, 4.69) is 40.8 Å². The molecular formula is C14H18ClN3. The third kappa shape index (κ3) is 2.42. The van der Waals surface area contributed by atoms with Crippen molar-refractivity contribution in [2.24, 2.45) is 0 Å². The second-order valence-electron chi connectivity index (χ2n) is 4.28. The lowest BCUT2D eigenvalue weighted by molar-refractivity contribution is 0.652. The van der Waals surface area contributed by atoms with Gasteiger partial charge in [0.1, 0.15) is 5.82 Å². The van der Waals surface area contributed by atoms with Crippen LogP contribution in [0.2, 0.25) is 5.02 Å². The molecule has 3 nitrogen and oxygen atoms in total. The summed E-state index contributed by atoms with van der Waals surface area (Å²) in [6.45, 7) is 5.10.